The Bertz CT molecular complexity index is 511. The fourth-order valence-corrected chi connectivity index (χ4v) is 4.42. The van der Waals surface area contributed by atoms with Gasteiger partial charge in [0.25, 0.3) is 0 Å². The summed E-state index contributed by atoms with van der Waals surface area (Å²) in [6.45, 7) is 27.2. The average molecular weight is 417 g/mol. The van der Waals surface area contributed by atoms with Gasteiger partial charge in [-0.05, 0) is 56.5 Å². The van der Waals surface area contributed by atoms with Crippen molar-refractivity contribution in [2.75, 3.05) is 13.2 Å². The molecule has 0 amide bonds. The third-order valence-corrected chi connectivity index (χ3v) is 14.9. The van der Waals surface area contributed by atoms with Gasteiger partial charge in [-0.25, -0.2) is 4.79 Å². The van der Waals surface area contributed by atoms with Gasteiger partial charge in [-0.15, -0.1) is 0 Å². The van der Waals surface area contributed by atoms with Crippen molar-refractivity contribution in [1.82, 2.24) is 0 Å². The predicted octanol–water partition coefficient (Wildman–Crippen LogP) is 6.30. The lowest BCUT2D eigenvalue weighted by Crippen LogP contribution is -2.48. The van der Waals surface area contributed by atoms with Crippen molar-refractivity contribution >= 4 is 22.6 Å². The predicted molar refractivity (Wildman–Crippen MR) is 120 cm³/mol. The highest BCUT2D eigenvalue weighted by Gasteiger charge is 2.41. The molecule has 27 heavy (non-hydrogen) atoms. The van der Waals surface area contributed by atoms with E-state index in [1.165, 1.54) is 0 Å². The summed E-state index contributed by atoms with van der Waals surface area (Å²) in [4.78, 5) is 11.8. The molecule has 0 rings (SSSR count). The molecule has 160 valence electrons. The van der Waals surface area contributed by atoms with Gasteiger partial charge >= 0.3 is 5.97 Å². The maximum atomic E-state index is 11.8. The number of hydrogen-bond donors (Lipinski definition) is 0. The zero-order chi connectivity index (χ0) is 21.7. The molecule has 0 aromatic rings. The van der Waals surface area contributed by atoms with E-state index >= 15 is 0 Å². The standard InChI is InChI=1S/C21H44O4Si2/c1-13-23-19(22)15-17(2)14-18(25-27(11,12)21(6,7)8)16-24-26(9,10)20(3,4)5/h15,18H,13-14,16H2,1-12H3/b17-15+/t18-/m0/s1. The molecule has 6 heteroatoms. The van der Waals surface area contributed by atoms with E-state index in [9.17, 15) is 4.79 Å². The molecule has 0 fully saturated rings. The van der Waals surface area contributed by atoms with Crippen LogP contribution in [0.3, 0.4) is 0 Å². The molecule has 0 heterocycles. The van der Waals surface area contributed by atoms with Crippen molar-refractivity contribution in [2.45, 2.75) is 104 Å². The van der Waals surface area contributed by atoms with Crippen LogP contribution in [0.1, 0.15) is 61.8 Å². The van der Waals surface area contributed by atoms with Gasteiger partial charge in [-0.3, -0.25) is 0 Å². The molecular weight excluding hydrogens is 372 g/mol. The third kappa shape index (κ3) is 9.07. The Kier molecular flexibility index (Phi) is 9.69. The summed E-state index contributed by atoms with van der Waals surface area (Å²) in [5, 5.41) is 0.283. The van der Waals surface area contributed by atoms with Gasteiger partial charge < -0.3 is 13.6 Å². The van der Waals surface area contributed by atoms with E-state index in [0.717, 1.165) is 5.57 Å². The minimum absolute atomic E-state index is 0.0503. The highest BCUT2D eigenvalue weighted by molar-refractivity contribution is 6.74. The number of carbonyl (C=O) groups excluding carboxylic acids is 1. The first-order valence-electron chi connectivity index (χ1n) is 10.1. The minimum atomic E-state index is -1.94. The quantitative estimate of drug-likeness (QED) is 0.251. The molecular formula is C21H44O4Si2. The summed E-state index contributed by atoms with van der Waals surface area (Å²) < 4.78 is 18.2. The largest absolute Gasteiger partial charge is 0.463 e. The summed E-state index contributed by atoms with van der Waals surface area (Å²) in [5.74, 6) is -0.286. The van der Waals surface area contributed by atoms with E-state index in [1.54, 1.807) is 6.08 Å². The second-order valence-corrected chi connectivity index (χ2v) is 20.1. The van der Waals surface area contributed by atoms with Gasteiger partial charge in [-0.1, -0.05) is 47.1 Å². The molecule has 0 aliphatic heterocycles. The summed E-state index contributed by atoms with van der Waals surface area (Å²) in [5.41, 5.74) is 0.969. The van der Waals surface area contributed by atoms with Crippen LogP contribution >= 0.6 is 0 Å². The van der Waals surface area contributed by atoms with Crippen LogP contribution in [-0.2, 0) is 18.4 Å². The van der Waals surface area contributed by atoms with Crippen LogP contribution < -0.4 is 0 Å². The Balaban J connectivity index is 5.37. The monoisotopic (exact) mass is 416 g/mol. The number of ether oxygens (including phenoxy) is 1. The van der Waals surface area contributed by atoms with E-state index < -0.39 is 16.6 Å². The number of carbonyl (C=O) groups is 1. The normalized spacial score (nSPS) is 15.6. The lowest BCUT2D eigenvalue weighted by molar-refractivity contribution is -0.137. The SMILES string of the molecule is CCOC(=O)/C=C(\C)C[C@@H](CO[Si](C)(C)C(C)(C)C)O[Si](C)(C)C(C)(C)C. The van der Waals surface area contributed by atoms with Crippen LogP contribution in [-0.4, -0.2) is 41.9 Å². The summed E-state index contributed by atoms with van der Waals surface area (Å²) >= 11 is 0. The Hall–Kier alpha value is -0.436. The maximum absolute atomic E-state index is 11.8. The first kappa shape index (κ1) is 26.6. The molecule has 1 atom stereocenters. The molecule has 0 radical (unpaired) electrons. The lowest BCUT2D eigenvalue weighted by Gasteiger charge is -2.41. The molecule has 0 saturated carbocycles. The summed E-state index contributed by atoms with van der Waals surface area (Å²) in [6, 6.07) is 0. The van der Waals surface area contributed by atoms with Gasteiger partial charge in [0, 0.05) is 6.08 Å². The topological polar surface area (TPSA) is 44.8 Å². The number of esters is 1. The maximum Gasteiger partial charge on any atom is 0.330 e. The molecule has 0 bridgehead atoms. The summed E-state index contributed by atoms with van der Waals surface area (Å²) in [7, 11) is -3.80. The van der Waals surface area contributed by atoms with Crippen molar-refractivity contribution in [3.63, 3.8) is 0 Å². The van der Waals surface area contributed by atoms with Crippen LogP contribution in [0.5, 0.6) is 0 Å². The van der Waals surface area contributed by atoms with Gasteiger partial charge in [0.2, 0.25) is 0 Å². The second kappa shape index (κ2) is 9.85. The molecule has 0 aromatic heterocycles. The molecule has 0 aromatic carbocycles. The van der Waals surface area contributed by atoms with E-state index in [1.807, 2.05) is 13.8 Å². The fourth-order valence-electron chi connectivity index (χ4n) is 2.05. The van der Waals surface area contributed by atoms with Crippen molar-refractivity contribution in [3.05, 3.63) is 11.6 Å². The van der Waals surface area contributed by atoms with Gasteiger partial charge in [-0.2, -0.15) is 0 Å². The Morgan fingerprint density at radius 2 is 1.44 bits per heavy atom. The van der Waals surface area contributed by atoms with Gasteiger partial charge in [0.15, 0.2) is 16.6 Å². The van der Waals surface area contributed by atoms with Crippen LogP contribution in [0, 0.1) is 0 Å². The van der Waals surface area contributed by atoms with E-state index in [4.69, 9.17) is 13.6 Å². The van der Waals surface area contributed by atoms with Crippen LogP contribution in [0.15, 0.2) is 11.6 Å². The smallest absolute Gasteiger partial charge is 0.330 e. The minimum Gasteiger partial charge on any atom is -0.463 e. The molecule has 4 nitrogen and oxygen atoms in total. The van der Waals surface area contributed by atoms with Crippen molar-refractivity contribution in [3.8, 4) is 0 Å². The van der Waals surface area contributed by atoms with Crippen molar-refractivity contribution < 1.29 is 18.4 Å². The molecule has 0 spiro atoms. The molecule has 0 N–H and O–H groups in total. The van der Waals surface area contributed by atoms with E-state index in [2.05, 4.69) is 67.7 Å². The second-order valence-electron chi connectivity index (χ2n) is 10.5. The summed E-state index contributed by atoms with van der Waals surface area (Å²) in [6.07, 6.45) is 2.21. The Labute approximate surface area is 170 Å². The molecule has 0 aliphatic rings. The first-order valence-corrected chi connectivity index (χ1v) is 15.9. The lowest BCUT2D eigenvalue weighted by atomic mass is 10.1. The highest BCUT2D eigenvalue weighted by Crippen LogP contribution is 2.39. The van der Waals surface area contributed by atoms with Crippen molar-refractivity contribution in [2.24, 2.45) is 0 Å². The first-order chi connectivity index (χ1) is 11.9. The number of rotatable bonds is 9. The molecule has 0 unspecified atom stereocenters. The van der Waals surface area contributed by atoms with Gasteiger partial charge in [0.05, 0.1) is 19.3 Å². The molecule has 0 saturated heterocycles. The molecule has 0 aliphatic carbocycles. The van der Waals surface area contributed by atoms with Crippen LogP contribution in [0.4, 0.5) is 0 Å². The zero-order valence-corrected chi connectivity index (χ0v) is 21.9. The van der Waals surface area contributed by atoms with Crippen molar-refractivity contribution in [1.29, 1.82) is 0 Å². The van der Waals surface area contributed by atoms with E-state index in [0.29, 0.717) is 19.6 Å². The average Bonchev–Trinajstić information content (AvgIpc) is 2.42. The van der Waals surface area contributed by atoms with Crippen LogP contribution in [0.2, 0.25) is 36.3 Å². The van der Waals surface area contributed by atoms with Gasteiger partial charge in [0.1, 0.15) is 0 Å². The van der Waals surface area contributed by atoms with E-state index in [-0.39, 0.29) is 22.1 Å². The third-order valence-electron chi connectivity index (χ3n) is 5.90. The Morgan fingerprint density at radius 3 is 1.85 bits per heavy atom. The number of hydrogen-bond acceptors (Lipinski definition) is 4. The zero-order valence-electron chi connectivity index (χ0n) is 19.9. The Morgan fingerprint density at radius 1 is 0.963 bits per heavy atom. The highest BCUT2D eigenvalue weighted by atomic mass is 28.4. The van der Waals surface area contributed by atoms with Crippen LogP contribution in [0.25, 0.3) is 0 Å². The fraction of sp³-hybridized carbons (Fsp3) is 0.857.